The van der Waals surface area contributed by atoms with Crippen molar-refractivity contribution in [2.24, 2.45) is 0 Å². The molecule has 0 fully saturated rings. The Hall–Kier alpha value is -2.44. The summed E-state index contributed by atoms with van der Waals surface area (Å²) in [6.45, 7) is 3.57. The van der Waals surface area contributed by atoms with Crippen molar-refractivity contribution < 1.29 is 18.7 Å². The van der Waals surface area contributed by atoms with Crippen LogP contribution in [0.5, 0.6) is 0 Å². The molecule has 26 heavy (non-hydrogen) atoms. The van der Waals surface area contributed by atoms with E-state index in [0.717, 1.165) is 0 Å². The van der Waals surface area contributed by atoms with E-state index in [2.05, 4.69) is 10.6 Å². The van der Waals surface area contributed by atoms with E-state index in [4.69, 9.17) is 32.4 Å². The topological polar surface area (TPSA) is 80.6 Å². The Morgan fingerprint density at radius 2 is 2.04 bits per heavy atom. The summed E-state index contributed by atoms with van der Waals surface area (Å²) < 4.78 is 11.0. The number of esters is 1. The third-order valence-electron chi connectivity index (χ3n) is 3.87. The highest BCUT2D eigenvalue weighted by molar-refractivity contribution is 6.36. The largest absolute Gasteiger partial charge is 0.463 e. The van der Waals surface area contributed by atoms with Crippen molar-refractivity contribution in [3.63, 3.8) is 0 Å². The highest BCUT2D eigenvalue weighted by Crippen LogP contribution is 2.35. The van der Waals surface area contributed by atoms with Crippen molar-refractivity contribution in [1.29, 1.82) is 0 Å². The summed E-state index contributed by atoms with van der Waals surface area (Å²) in [6.07, 6.45) is 0. The van der Waals surface area contributed by atoms with Crippen LogP contribution >= 0.6 is 23.2 Å². The molecule has 1 atom stereocenters. The number of amides is 2. The van der Waals surface area contributed by atoms with Crippen LogP contribution < -0.4 is 10.6 Å². The van der Waals surface area contributed by atoms with E-state index in [9.17, 15) is 9.59 Å². The van der Waals surface area contributed by atoms with Crippen molar-refractivity contribution in [1.82, 2.24) is 10.6 Å². The maximum atomic E-state index is 12.3. The molecule has 1 aromatic heterocycles. The van der Waals surface area contributed by atoms with Crippen LogP contribution in [0.3, 0.4) is 0 Å². The van der Waals surface area contributed by atoms with Crippen LogP contribution in [-0.4, -0.2) is 18.6 Å². The molecule has 2 aromatic rings. The molecule has 1 aliphatic rings. The first kappa shape index (κ1) is 18.4. The average Bonchev–Trinajstić information content (AvgIpc) is 3.03. The normalized spacial score (nSPS) is 16.9. The highest BCUT2D eigenvalue weighted by Gasteiger charge is 2.34. The van der Waals surface area contributed by atoms with E-state index >= 15 is 0 Å². The number of ether oxygens (including phenoxy) is 1. The van der Waals surface area contributed by atoms with Gasteiger partial charge in [-0.2, -0.15) is 0 Å². The number of allylic oxidation sites excluding steroid dienone is 1. The molecule has 0 radical (unpaired) electrons. The van der Waals surface area contributed by atoms with Crippen molar-refractivity contribution in [3.8, 4) is 11.3 Å². The molecule has 1 aliphatic heterocycles. The fraction of sp³-hybridized carbons (Fsp3) is 0.222. The number of carbonyl (C=O) groups is 2. The maximum Gasteiger partial charge on any atom is 0.338 e. The zero-order valence-corrected chi connectivity index (χ0v) is 15.6. The summed E-state index contributed by atoms with van der Waals surface area (Å²) in [5, 5.41) is 6.21. The molecule has 8 heteroatoms. The lowest BCUT2D eigenvalue weighted by molar-refractivity contribution is -0.139. The molecule has 2 N–H and O–H groups in total. The quantitative estimate of drug-likeness (QED) is 0.750. The minimum absolute atomic E-state index is 0.222. The first-order chi connectivity index (χ1) is 12.4. The predicted molar refractivity (Wildman–Crippen MR) is 97.9 cm³/mol. The number of halogens is 2. The maximum absolute atomic E-state index is 12.3. The second-order valence-electron chi connectivity index (χ2n) is 5.62. The molecule has 0 saturated heterocycles. The lowest BCUT2D eigenvalue weighted by Crippen LogP contribution is -2.45. The molecule has 0 unspecified atom stereocenters. The number of benzene rings is 1. The fourth-order valence-electron chi connectivity index (χ4n) is 2.73. The molecule has 2 heterocycles. The van der Waals surface area contributed by atoms with E-state index in [1.165, 1.54) is 0 Å². The van der Waals surface area contributed by atoms with Gasteiger partial charge in [-0.3, -0.25) is 0 Å². The van der Waals surface area contributed by atoms with E-state index in [1.807, 2.05) is 0 Å². The van der Waals surface area contributed by atoms with E-state index < -0.39 is 18.0 Å². The van der Waals surface area contributed by atoms with Crippen LogP contribution in [0.25, 0.3) is 11.3 Å². The molecule has 136 valence electrons. The van der Waals surface area contributed by atoms with Gasteiger partial charge in [0, 0.05) is 16.3 Å². The number of rotatable bonds is 4. The Morgan fingerprint density at radius 1 is 1.27 bits per heavy atom. The molecule has 3 rings (SSSR count). The van der Waals surface area contributed by atoms with Gasteiger partial charge in [-0.15, -0.1) is 0 Å². The van der Waals surface area contributed by atoms with Gasteiger partial charge in [0.1, 0.15) is 17.6 Å². The van der Waals surface area contributed by atoms with Gasteiger partial charge in [0.05, 0.1) is 17.2 Å². The van der Waals surface area contributed by atoms with Gasteiger partial charge in [0.2, 0.25) is 0 Å². The minimum atomic E-state index is -0.761. The molecular weight excluding hydrogens is 379 g/mol. The number of hydrogen-bond acceptors (Lipinski definition) is 4. The van der Waals surface area contributed by atoms with Crippen LogP contribution in [0.4, 0.5) is 4.79 Å². The molecule has 0 bridgehead atoms. The van der Waals surface area contributed by atoms with Crippen LogP contribution in [0, 0.1) is 0 Å². The first-order valence-corrected chi connectivity index (χ1v) is 8.67. The lowest BCUT2D eigenvalue weighted by atomic mass is 10.0. The monoisotopic (exact) mass is 394 g/mol. The van der Waals surface area contributed by atoms with E-state index in [1.54, 1.807) is 44.2 Å². The van der Waals surface area contributed by atoms with Gasteiger partial charge in [0.15, 0.2) is 0 Å². The predicted octanol–water partition coefficient (Wildman–Crippen LogP) is 4.44. The summed E-state index contributed by atoms with van der Waals surface area (Å²) in [5.74, 6) is 0.364. The molecule has 0 saturated carbocycles. The molecule has 0 spiro atoms. The Bertz CT molecular complexity index is 904. The second-order valence-corrected chi connectivity index (χ2v) is 6.46. The Kier molecular flexibility index (Phi) is 5.25. The fourth-order valence-corrected chi connectivity index (χ4v) is 3.23. The summed E-state index contributed by atoms with van der Waals surface area (Å²) in [6, 6.07) is 7.26. The van der Waals surface area contributed by atoms with Crippen LogP contribution in [0.2, 0.25) is 10.0 Å². The van der Waals surface area contributed by atoms with Crippen LogP contribution in [0.15, 0.2) is 46.0 Å². The summed E-state index contributed by atoms with van der Waals surface area (Å²) in [5.41, 5.74) is 1.36. The molecule has 6 nitrogen and oxygen atoms in total. The Morgan fingerprint density at radius 3 is 2.73 bits per heavy atom. The Labute approximate surface area is 160 Å². The third kappa shape index (κ3) is 3.57. The number of carbonyl (C=O) groups excluding carboxylic acids is 2. The average molecular weight is 395 g/mol. The van der Waals surface area contributed by atoms with Gasteiger partial charge >= 0.3 is 12.0 Å². The Balaban J connectivity index is 1.99. The molecule has 1 aromatic carbocycles. The number of furan rings is 1. The summed E-state index contributed by atoms with van der Waals surface area (Å²) >= 11 is 12.1. The van der Waals surface area contributed by atoms with Gasteiger partial charge in [-0.1, -0.05) is 23.2 Å². The number of urea groups is 1. The summed E-state index contributed by atoms with van der Waals surface area (Å²) in [4.78, 5) is 24.2. The van der Waals surface area contributed by atoms with E-state index in [-0.39, 0.29) is 12.2 Å². The minimum Gasteiger partial charge on any atom is -0.463 e. The van der Waals surface area contributed by atoms with Crippen LogP contribution in [0.1, 0.15) is 25.6 Å². The third-order valence-corrected chi connectivity index (χ3v) is 4.42. The van der Waals surface area contributed by atoms with Crippen LogP contribution in [-0.2, 0) is 9.53 Å². The lowest BCUT2D eigenvalue weighted by Gasteiger charge is -2.26. The highest BCUT2D eigenvalue weighted by atomic mass is 35.5. The van der Waals surface area contributed by atoms with Crippen molar-refractivity contribution in [2.45, 2.75) is 19.9 Å². The molecule has 2 amide bonds. The smallest absolute Gasteiger partial charge is 0.338 e. The van der Waals surface area contributed by atoms with Crippen molar-refractivity contribution in [3.05, 3.63) is 57.4 Å². The first-order valence-electron chi connectivity index (χ1n) is 7.91. The van der Waals surface area contributed by atoms with Crippen molar-refractivity contribution >= 4 is 35.2 Å². The van der Waals surface area contributed by atoms with E-state index in [0.29, 0.717) is 32.8 Å². The molecular formula is C18H16Cl2N2O4. The number of nitrogens with one attached hydrogen (secondary N) is 2. The SMILES string of the molecule is CCOC(=O)C1=C(C)NC(=O)N[C@H]1c1ccc(-c2ccc(Cl)cc2Cl)o1. The number of hydrogen-bond donors (Lipinski definition) is 2. The van der Waals surface area contributed by atoms with Gasteiger partial charge in [-0.05, 0) is 44.2 Å². The molecule has 0 aliphatic carbocycles. The summed E-state index contributed by atoms with van der Waals surface area (Å²) in [7, 11) is 0. The zero-order valence-electron chi connectivity index (χ0n) is 14.1. The second kappa shape index (κ2) is 7.43. The van der Waals surface area contributed by atoms with Gasteiger partial charge in [-0.25, -0.2) is 9.59 Å². The van der Waals surface area contributed by atoms with Gasteiger partial charge in [0.25, 0.3) is 0 Å². The standard InChI is InChI=1S/C18H16Cl2N2O4/c1-3-25-17(23)15-9(2)21-18(24)22-16(15)14-7-6-13(26-14)11-5-4-10(19)8-12(11)20/h4-8,16H,3H2,1-2H3,(H2,21,22,24)/t16-/m0/s1. The zero-order chi connectivity index (χ0) is 18.8. The van der Waals surface area contributed by atoms with Crippen molar-refractivity contribution in [2.75, 3.05) is 6.61 Å². The van der Waals surface area contributed by atoms with Gasteiger partial charge < -0.3 is 19.8 Å².